The average molecular weight is 400 g/mol. The molecule has 1 atom stereocenters. The van der Waals surface area contributed by atoms with Gasteiger partial charge in [0.25, 0.3) is 0 Å². The van der Waals surface area contributed by atoms with Gasteiger partial charge < -0.3 is 4.74 Å². The Morgan fingerprint density at radius 1 is 0.828 bits per heavy atom. The molecule has 1 aromatic heterocycles. The molecule has 2 aromatic rings. The van der Waals surface area contributed by atoms with Crippen LogP contribution in [0.15, 0.2) is 42.6 Å². The summed E-state index contributed by atoms with van der Waals surface area (Å²) >= 11 is 0. The Hall–Kier alpha value is -1.90. The Bertz CT molecular complexity index is 653. The fourth-order valence-corrected chi connectivity index (χ4v) is 3.52. The molecule has 0 amide bonds. The quantitative estimate of drug-likeness (QED) is 0.283. The van der Waals surface area contributed by atoms with Crippen molar-refractivity contribution in [3.8, 4) is 17.0 Å². The van der Waals surface area contributed by atoms with Crippen LogP contribution in [0.4, 0.5) is 4.39 Å². The minimum atomic E-state index is -0.658. The van der Waals surface area contributed by atoms with Crippen LogP contribution in [0.3, 0.4) is 0 Å². The Morgan fingerprint density at radius 3 is 2.28 bits per heavy atom. The van der Waals surface area contributed by atoms with Crippen molar-refractivity contribution < 1.29 is 9.13 Å². The molecule has 0 radical (unpaired) electrons. The minimum absolute atomic E-state index is 0.649. The molecule has 0 N–H and O–H groups in total. The van der Waals surface area contributed by atoms with Gasteiger partial charge >= 0.3 is 0 Å². The number of aryl methyl sites for hydroxylation is 1. The molecule has 0 bridgehead atoms. The van der Waals surface area contributed by atoms with E-state index in [2.05, 4.69) is 36.2 Å². The van der Waals surface area contributed by atoms with E-state index < -0.39 is 6.17 Å². The summed E-state index contributed by atoms with van der Waals surface area (Å²) in [5, 5.41) is 0. The molecule has 0 saturated heterocycles. The molecule has 0 fully saturated rings. The summed E-state index contributed by atoms with van der Waals surface area (Å²) < 4.78 is 19.4. The Balaban J connectivity index is 1.72. The lowest BCUT2D eigenvalue weighted by atomic mass is 10.0. The number of rotatable bonds is 15. The first-order valence-electron chi connectivity index (χ1n) is 11.5. The largest absolute Gasteiger partial charge is 0.494 e. The molecule has 1 aromatic carbocycles. The first-order chi connectivity index (χ1) is 14.2. The highest BCUT2D eigenvalue weighted by molar-refractivity contribution is 5.60. The maximum Gasteiger partial charge on any atom is 0.119 e. The van der Waals surface area contributed by atoms with Crippen LogP contribution in [0.5, 0.6) is 5.75 Å². The summed E-state index contributed by atoms with van der Waals surface area (Å²) in [4.78, 5) is 4.59. The van der Waals surface area contributed by atoms with Gasteiger partial charge in [0.1, 0.15) is 11.9 Å². The minimum Gasteiger partial charge on any atom is -0.494 e. The SMILES string of the molecule is CCCCCCCCOc1ccc(-c2ccc(CCCC(F)CCC)cn2)cc1. The highest BCUT2D eigenvalue weighted by Crippen LogP contribution is 2.22. The molecule has 0 spiro atoms. The molecular formula is C26H38FNO. The predicted molar refractivity (Wildman–Crippen MR) is 121 cm³/mol. The standard InChI is InChI=1S/C26H38FNO/c1-3-5-6-7-8-9-20-29-25-17-15-23(16-18-25)26-19-14-22(21-28-26)12-10-13-24(27)11-4-2/h14-19,21,24H,3-13,20H2,1-2H3. The number of unbranched alkanes of at least 4 members (excludes halogenated alkanes) is 5. The molecule has 3 heteroatoms. The van der Waals surface area contributed by atoms with E-state index in [1.54, 1.807) is 0 Å². The monoisotopic (exact) mass is 399 g/mol. The van der Waals surface area contributed by atoms with Gasteiger partial charge in [-0.15, -0.1) is 0 Å². The Labute approximate surface area is 176 Å². The third-order valence-electron chi connectivity index (χ3n) is 5.33. The van der Waals surface area contributed by atoms with E-state index >= 15 is 0 Å². The number of pyridine rings is 1. The van der Waals surface area contributed by atoms with Gasteiger partial charge in [0.2, 0.25) is 0 Å². The van der Waals surface area contributed by atoms with Crippen LogP contribution in [0.25, 0.3) is 11.3 Å². The summed E-state index contributed by atoms with van der Waals surface area (Å²) in [6, 6.07) is 12.3. The lowest BCUT2D eigenvalue weighted by Crippen LogP contribution is -2.00. The van der Waals surface area contributed by atoms with Crippen LogP contribution in [0, 0.1) is 0 Å². The number of nitrogens with zero attached hydrogens (tertiary/aromatic N) is 1. The smallest absolute Gasteiger partial charge is 0.119 e. The topological polar surface area (TPSA) is 22.1 Å². The molecule has 0 aliphatic carbocycles. The number of aromatic nitrogens is 1. The van der Waals surface area contributed by atoms with E-state index in [1.807, 2.05) is 25.3 Å². The molecule has 0 saturated carbocycles. The highest BCUT2D eigenvalue weighted by atomic mass is 19.1. The summed E-state index contributed by atoms with van der Waals surface area (Å²) in [6.07, 6.45) is 12.9. The van der Waals surface area contributed by atoms with Crippen LogP contribution in [0.2, 0.25) is 0 Å². The van der Waals surface area contributed by atoms with E-state index in [1.165, 1.54) is 37.7 Å². The summed E-state index contributed by atoms with van der Waals surface area (Å²) in [5.41, 5.74) is 3.23. The summed E-state index contributed by atoms with van der Waals surface area (Å²) in [6.45, 7) is 5.06. The third-order valence-corrected chi connectivity index (χ3v) is 5.33. The van der Waals surface area contributed by atoms with E-state index in [9.17, 15) is 4.39 Å². The lowest BCUT2D eigenvalue weighted by molar-refractivity contribution is 0.288. The van der Waals surface area contributed by atoms with Gasteiger partial charge in [-0.3, -0.25) is 4.98 Å². The van der Waals surface area contributed by atoms with Crippen LogP contribution in [0.1, 0.15) is 83.6 Å². The molecule has 1 heterocycles. The van der Waals surface area contributed by atoms with Gasteiger partial charge in [-0.2, -0.15) is 0 Å². The van der Waals surface area contributed by atoms with Crippen LogP contribution in [-0.4, -0.2) is 17.8 Å². The van der Waals surface area contributed by atoms with Crippen LogP contribution in [-0.2, 0) is 6.42 Å². The Kier molecular flexibility index (Phi) is 11.4. The van der Waals surface area contributed by atoms with Gasteiger partial charge in [-0.05, 0) is 68.0 Å². The molecular weight excluding hydrogens is 361 g/mol. The molecule has 2 rings (SSSR count). The molecule has 1 unspecified atom stereocenters. The van der Waals surface area contributed by atoms with Crippen molar-refractivity contribution >= 4 is 0 Å². The fraction of sp³-hybridized carbons (Fsp3) is 0.577. The second kappa shape index (κ2) is 14.1. The zero-order valence-electron chi connectivity index (χ0n) is 18.3. The van der Waals surface area contributed by atoms with Crippen molar-refractivity contribution in [3.05, 3.63) is 48.2 Å². The van der Waals surface area contributed by atoms with E-state index in [4.69, 9.17) is 4.74 Å². The summed E-state index contributed by atoms with van der Waals surface area (Å²) in [7, 11) is 0. The van der Waals surface area contributed by atoms with Crippen molar-refractivity contribution in [3.63, 3.8) is 0 Å². The fourth-order valence-electron chi connectivity index (χ4n) is 3.52. The van der Waals surface area contributed by atoms with Crippen molar-refractivity contribution in [2.45, 2.75) is 90.6 Å². The van der Waals surface area contributed by atoms with Gasteiger partial charge in [0.05, 0.1) is 12.3 Å². The third kappa shape index (κ3) is 9.43. The van der Waals surface area contributed by atoms with Gasteiger partial charge in [-0.25, -0.2) is 4.39 Å². The van der Waals surface area contributed by atoms with Crippen molar-refractivity contribution in [2.75, 3.05) is 6.61 Å². The number of ether oxygens (including phenoxy) is 1. The molecule has 29 heavy (non-hydrogen) atoms. The predicted octanol–water partition coefficient (Wildman–Crippen LogP) is 7.95. The van der Waals surface area contributed by atoms with Crippen LogP contribution < -0.4 is 4.74 Å². The number of halogens is 1. The van der Waals surface area contributed by atoms with E-state index in [0.29, 0.717) is 12.8 Å². The van der Waals surface area contributed by atoms with Gasteiger partial charge in [0, 0.05) is 11.8 Å². The second-order valence-corrected chi connectivity index (χ2v) is 7.97. The zero-order valence-corrected chi connectivity index (χ0v) is 18.3. The number of benzene rings is 1. The van der Waals surface area contributed by atoms with Crippen molar-refractivity contribution in [1.82, 2.24) is 4.98 Å². The number of hydrogen-bond donors (Lipinski definition) is 0. The maximum absolute atomic E-state index is 13.6. The number of alkyl halides is 1. The zero-order chi connectivity index (χ0) is 20.7. The van der Waals surface area contributed by atoms with Crippen molar-refractivity contribution in [2.24, 2.45) is 0 Å². The first-order valence-corrected chi connectivity index (χ1v) is 11.5. The second-order valence-electron chi connectivity index (χ2n) is 7.97. The summed E-state index contributed by atoms with van der Waals surface area (Å²) in [5.74, 6) is 0.923. The van der Waals surface area contributed by atoms with Gasteiger partial charge in [-0.1, -0.05) is 58.4 Å². The highest BCUT2D eigenvalue weighted by Gasteiger charge is 2.06. The van der Waals surface area contributed by atoms with E-state index in [0.717, 1.165) is 49.3 Å². The Morgan fingerprint density at radius 2 is 1.59 bits per heavy atom. The normalized spacial score (nSPS) is 12.1. The maximum atomic E-state index is 13.6. The number of hydrogen-bond acceptors (Lipinski definition) is 2. The molecule has 2 nitrogen and oxygen atoms in total. The molecule has 0 aliphatic rings. The van der Waals surface area contributed by atoms with Crippen molar-refractivity contribution in [1.29, 1.82) is 0 Å². The lowest BCUT2D eigenvalue weighted by Gasteiger charge is -2.08. The molecule has 160 valence electrons. The van der Waals surface area contributed by atoms with Gasteiger partial charge in [0.15, 0.2) is 0 Å². The molecule has 0 aliphatic heterocycles. The van der Waals surface area contributed by atoms with Crippen LogP contribution >= 0.6 is 0 Å². The average Bonchev–Trinajstić information content (AvgIpc) is 2.74. The first kappa shape index (κ1) is 23.4. The van der Waals surface area contributed by atoms with E-state index in [-0.39, 0.29) is 0 Å².